The Morgan fingerprint density at radius 1 is 1.39 bits per heavy atom. The van der Waals surface area contributed by atoms with Crippen LogP contribution in [0.25, 0.3) is 10.9 Å². The van der Waals surface area contributed by atoms with Crippen molar-refractivity contribution < 1.29 is 9.18 Å². The van der Waals surface area contributed by atoms with Gasteiger partial charge in [-0.25, -0.2) is 4.39 Å². The van der Waals surface area contributed by atoms with Gasteiger partial charge in [-0.3, -0.25) is 4.79 Å². The molecule has 1 amide bonds. The van der Waals surface area contributed by atoms with E-state index in [9.17, 15) is 9.18 Å². The van der Waals surface area contributed by atoms with Crippen LogP contribution in [-0.2, 0) is 7.05 Å². The van der Waals surface area contributed by atoms with E-state index in [2.05, 4.69) is 5.32 Å². The van der Waals surface area contributed by atoms with Crippen LogP contribution in [0.15, 0.2) is 24.3 Å². The quantitative estimate of drug-likeness (QED) is 0.890. The summed E-state index contributed by atoms with van der Waals surface area (Å²) < 4.78 is 14.9. The van der Waals surface area contributed by atoms with E-state index in [4.69, 9.17) is 0 Å². The monoisotopic (exact) mass is 248 g/mol. The molecule has 0 unspecified atom stereocenters. The Kier molecular flexibility index (Phi) is 3.36. The molecule has 0 aliphatic rings. The minimum absolute atomic E-state index is 0.122. The number of amides is 1. The smallest absolute Gasteiger partial charge is 0.267 e. The van der Waals surface area contributed by atoms with Crippen molar-refractivity contribution in [3.8, 4) is 0 Å². The van der Waals surface area contributed by atoms with Gasteiger partial charge >= 0.3 is 0 Å². The summed E-state index contributed by atoms with van der Waals surface area (Å²) in [6.07, 6.45) is 0. The van der Waals surface area contributed by atoms with E-state index in [0.717, 1.165) is 10.9 Å². The fourth-order valence-corrected chi connectivity index (χ4v) is 1.91. The van der Waals surface area contributed by atoms with E-state index >= 15 is 0 Å². The molecule has 1 aromatic carbocycles. The number of nitrogens with zero attached hydrogens (tertiary/aromatic N) is 1. The lowest BCUT2D eigenvalue weighted by Crippen LogP contribution is -2.28. The van der Waals surface area contributed by atoms with Crippen molar-refractivity contribution in [2.45, 2.75) is 13.8 Å². The molecule has 1 heterocycles. The van der Waals surface area contributed by atoms with Gasteiger partial charge in [0.2, 0.25) is 0 Å². The lowest BCUT2D eigenvalue weighted by molar-refractivity contribution is 0.0941. The highest BCUT2D eigenvalue weighted by molar-refractivity contribution is 5.98. The second-order valence-electron chi connectivity index (χ2n) is 4.90. The van der Waals surface area contributed by atoms with Crippen LogP contribution in [-0.4, -0.2) is 17.0 Å². The largest absolute Gasteiger partial charge is 0.351 e. The standard InChI is InChI=1S/C14H17FN2O/c1-9(2)8-16-14(18)13-6-10-4-5-11(15)7-12(10)17(13)3/h4-7,9H,8H2,1-3H3,(H,16,18). The molecule has 0 saturated carbocycles. The molecular weight excluding hydrogens is 231 g/mol. The van der Waals surface area contributed by atoms with Crippen molar-refractivity contribution in [2.24, 2.45) is 13.0 Å². The number of benzene rings is 1. The van der Waals surface area contributed by atoms with Gasteiger partial charge in [-0.2, -0.15) is 0 Å². The number of aryl methyl sites for hydroxylation is 1. The fraction of sp³-hybridized carbons (Fsp3) is 0.357. The predicted octanol–water partition coefficient (Wildman–Crippen LogP) is 2.70. The summed E-state index contributed by atoms with van der Waals surface area (Å²) in [6, 6.07) is 6.31. The van der Waals surface area contributed by atoms with Gasteiger partial charge in [0.25, 0.3) is 5.91 Å². The van der Waals surface area contributed by atoms with Crippen LogP contribution in [0.3, 0.4) is 0 Å². The molecule has 96 valence electrons. The molecule has 0 bridgehead atoms. The van der Waals surface area contributed by atoms with Crippen molar-refractivity contribution in [2.75, 3.05) is 6.54 Å². The van der Waals surface area contributed by atoms with Gasteiger partial charge in [0.15, 0.2) is 0 Å². The Labute approximate surface area is 106 Å². The summed E-state index contributed by atoms with van der Waals surface area (Å²) in [4.78, 5) is 12.0. The van der Waals surface area contributed by atoms with Gasteiger partial charge in [0.05, 0.1) is 5.52 Å². The molecule has 0 atom stereocenters. The SMILES string of the molecule is CC(C)CNC(=O)c1cc2ccc(F)cc2n1C. The van der Waals surface area contributed by atoms with E-state index < -0.39 is 0 Å². The fourth-order valence-electron chi connectivity index (χ4n) is 1.91. The molecule has 1 N–H and O–H groups in total. The normalized spacial score (nSPS) is 11.2. The van der Waals surface area contributed by atoms with Crippen LogP contribution in [0.5, 0.6) is 0 Å². The average Bonchev–Trinajstić information content (AvgIpc) is 2.64. The molecule has 0 aliphatic carbocycles. The molecule has 0 saturated heterocycles. The van der Waals surface area contributed by atoms with Gasteiger partial charge in [-0.05, 0) is 30.2 Å². The molecule has 4 heteroatoms. The number of halogens is 1. The van der Waals surface area contributed by atoms with Crippen molar-refractivity contribution in [1.82, 2.24) is 9.88 Å². The predicted molar refractivity (Wildman–Crippen MR) is 70.0 cm³/mol. The summed E-state index contributed by atoms with van der Waals surface area (Å²) in [5.41, 5.74) is 1.28. The first kappa shape index (κ1) is 12.6. The van der Waals surface area contributed by atoms with E-state index in [1.807, 2.05) is 13.8 Å². The van der Waals surface area contributed by atoms with Crippen molar-refractivity contribution in [3.63, 3.8) is 0 Å². The number of rotatable bonds is 3. The summed E-state index contributed by atoms with van der Waals surface area (Å²) >= 11 is 0. The number of aromatic nitrogens is 1. The maximum atomic E-state index is 13.2. The second kappa shape index (κ2) is 4.80. The Hall–Kier alpha value is -1.84. The first-order valence-electron chi connectivity index (χ1n) is 6.02. The highest BCUT2D eigenvalue weighted by Gasteiger charge is 2.13. The summed E-state index contributed by atoms with van der Waals surface area (Å²) in [7, 11) is 1.77. The van der Waals surface area contributed by atoms with Gasteiger partial charge in [-0.15, -0.1) is 0 Å². The minimum atomic E-state index is -0.294. The first-order valence-corrected chi connectivity index (χ1v) is 6.02. The number of hydrogen-bond acceptors (Lipinski definition) is 1. The molecular formula is C14H17FN2O. The molecule has 0 radical (unpaired) electrons. The molecule has 0 aliphatic heterocycles. The zero-order valence-electron chi connectivity index (χ0n) is 10.8. The van der Waals surface area contributed by atoms with E-state index in [1.54, 1.807) is 23.7 Å². The number of hydrogen-bond donors (Lipinski definition) is 1. The number of fused-ring (bicyclic) bond motifs is 1. The molecule has 18 heavy (non-hydrogen) atoms. The summed E-state index contributed by atoms with van der Waals surface area (Å²) in [6.45, 7) is 4.71. The molecule has 0 fully saturated rings. The maximum absolute atomic E-state index is 13.2. The third-order valence-electron chi connectivity index (χ3n) is 2.91. The zero-order chi connectivity index (χ0) is 13.3. The highest BCUT2D eigenvalue weighted by Crippen LogP contribution is 2.19. The Bertz CT molecular complexity index is 587. The van der Waals surface area contributed by atoms with Crippen LogP contribution in [0, 0.1) is 11.7 Å². The zero-order valence-corrected chi connectivity index (χ0v) is 10.8. The van der Waals surface area contributed by atoms with Gasteiger partial charge in [-0.1, -0.05) is 13.8 Å². The van der Waals surface area contributed by atoms with E-state index in [1.165, 1.54) is 12.1 Å². The maximum Gasteiger partial charge on any atom is 0.267 e. The average molecular weight is 248 g/mol. The molecule has 1 aromatic heterocycles. The lowest BCUT2D eigenvalue weighted by atomic mass is 10.2. The third kappa shape index (κ3) is 2.37. The van der Waals surface area contributed by atoms with Crippen LogP contribution in [0.4, 0.5) is 4.39 Å². The number of nitrogens with one attached hydrogen (secondary N) is 1. The number of carbonyl (C=O) groups excluding carboxylic acids is 1. The molecule has 2 rings (SSSR count). The molecule has 3 nitrogen and oxygen atoms in total. The summed E-state index contributed by atoms with van der Waals surface area (Å²) in [5, 5.41) is 3.73. The second-order valence-corrected chi connectivity index (χ2v) is 4.90. The van der Waals surface area contributed by atoms with Crippen LogP contribution >= 0.6 is 0 Å². The summed E-state index contributed by atoms with van der Waals surface area (Å²) in [5.74, 6) is -0.0123. The van der Waals surface area contributed by atoms with Crippen LogP contribution in [0.2, 0.25) is 0 Å². The molecule has 2 aromatic rings. The molecule has 0 spiro atoms. The van der Waals surface area contributed by atoms with Crippen molar-refractivity contribution in [3.05, 3.63) is 35.8 Å². The van der Waals surface area contributed by atoms with E-state index in [0.29, 0.717) is 18.2 Å². The van der Waals surface area contributed by atoms with Gasteiger partial charge in [0.1, 0.15) is 11.5 Å². The Morgan fingerprint density at radius 3 is 2.78 bits per heavy atom. The van der Waals surface area contributed by atoms with Crippen LogP contribution in [0.1, 0.15) is 24.3 Å². The van der Waals surface area contributed by atoms with Crippen molar-refractivity contribution >= 4 is 16.8 Å². The topological polar surface area (TPSA) is 34.0 Å². The van der Waals surface area contributed by atoms with Gasteiger partial charge in [0, 0.05) is 19.0 Å². The third-order valence-corrected chi connectivity index (χ3v) is 2.91. The Morgan fingerprint density at radius 2 is 2.11 bits per heavy atom. The van der Waals surface area contributed by atoms with Gasteiger partial charge < -0.3 is 9.88 Å². The number of carbonyl (C=O) groups is 1. The lowest BCUT2D eigenvalue weighted by Gasteiger charge is -2.08. The van der Waals surface area contributed by atoms with E-state index in [-0.39, 0.29) is 11.7 Å². The van der Waals surface area contributed by atoms with Crippen molar-refractivity contribution in [1.29, 1.82) is 0 Å². The first-order chi connectivity index (χ1) is 8.49. The highest BCUT2D eigenvalue weighted by atomic mass is 19.1. The minimum Gasteiger partial charge on any atom is -0.351 e. The Balaban J connectivity index is 2.34. The van der Waals surface area contributed by atoms with Crippen LogP contribution < -0.4 is 5.32 Å².